The van der Waals surface area contributed by atoms with E-state index >= 15 is 0 Å². The summed E-state index contributed by atoms with van der Waals surface area (Å²) in [5, 5.41) is 0.912. The Bertz CT molecular complexity index is 681. The van der Waals surface area contributed by atoms with Crippen LogP contribution >= 0.6 is 23.1 Å². The van der Waals surface area contributed by atoms with E-state index in [0.717, 1.165) is 21.2 Å². The summed E-state index contributed by atoms with van der Waals surface area (Å²) < 4.78 is 0. The summed E-state index contributed by atoms with van der Waals surface area (Å²) >= 11 is 3.32. The molecular formula is C16H19N3OS2. The van der Waals surface area contributed by atoms with Crippen molar-refractivity contribution in [2.24, 2.45) is 5.73 Å². The van der Waals surface area contributed by atoms with E-state index < -0.39 is 0 Å². The maximum absolute atomic E-state index is 12.9. The summed E-state index contributed by atoms with van der Waals surface area (Å²) in [7, 11) is 0. The van der Waals surface area contributed by atoms with Crippen LogP contribution in [0.3, 0.4) is 0 Å². The van der Waals surface area contributed by atoms with E-state index in [-0.39, 0.29) is 11.9 Å². The zero-order valence-corrected chi connectivity index (χ0v) is 14.3. The molecule has 1 saturated heterocycles. The highest BCUT2D eigenvalue weighted by molar-refractivity contribution is 7.99. The number of hydrogen-bond donors (Lipinski definition) is 1. The van der Waals surface area contributed by atoms with Crippen LogP contribution in [0.4, 0.5) is 0 Å². The van der Waals surface area contributed by atoms with Crippen molar-refractivity contribution in [2.75, 3.05) is 18.2 Å². The van der Waals surface area contributed by atoms with Gasteiger partial charge < -0.3 is 10.6 Å². The van der Waals surface area contributed by atoms with Crippen molar-refractivity contribution < 1.29 is 4.79 Å². The number of hydrogen-bond acceptors (Lipinski definition) is 5. The van der Waals surface area contributed by atoms with Gasteiger partial charge >= 0.3 is 0 Å². The third-order valence-corrected chi connectivity index (χ3v) is 5.87. The molecule has 1 aliphatic heterocycles. The van der Waals surface area contributed by atoms with Crippen molar-refractivity contribution in [3.63, 3.8) is 0 Å². The van der Waals surface area contributed by atoms with Gasteiger partial charge in [0.2, 0.25) is 0 Å². The van der Waals surface area contributed by atoms with Crippen LogP contribution in [0, 0.1) is 13.8 Å². The number of aryl methyl sites for hydroxylation is 2. The molecule has 1 atom stereocenters. The maximum atomic E-state index is 12.9. The number of carbonyl (C=O) groups excluding carboxylic acids is 1. The fraction of sp³-hybridized carbons (Fsp3) is 0.375. The minimum atomic E-state index is 0.000347. The van der Waals surface area contributed by atoms with Crippen LogP contribution in [0.1, 0.15) is 21.1 Å². The first-order valence-corrected chi connectivity index (χ1v) is 9.20. The number of carbonyl (C=O) groups is 1. The van der Waals surface area contributed by atoms with Crippen molar-refractivity contribution in [1.29, 1.82) is 0 Å². The highest BCUT2D eigenvalue weighted by Gasteiger charge is 2.32. The number of rotatable bonds is 3. The van der Waals surface area contributed by atoms with Crippen LogP contribution in [0.15, 0.2) is 24.3 Å². The van der Waals surface area contributed by atoms with Gasteiger partial charge in [-0.15, -0.1) is 23.1 Å². The Morgan fingerprint density at radius 3 is 2.77 bits per heavy atom. The summed E-state index contributed by atoms with van der Waals surface area (Å²) in [6, 6.07) is 8.35. The van der Waals surface area contributed by atoms with Gasteiger partial charge in [-0.1, -0.05) is 29.8 Å². The first-order chi connectivity index (χ1) is 10.6. The summed E-state index contributed by atoms with van der Waals surface area (Å²) in [6.45, 7) is 4.50. The van der Waals surface area contributed by atoms with E-state index in [1.165, 1.54) is 5.56 Å². The van der Waals surface area contributed by atoms with Crippen molar-refractivity contribution >= 4 is 29.0 Å². The molecule has 6 heteroatoms. The molecule has 1 aliphatic rings. The number of amides is 1. The molecule has 3 rings (SSSR count). The Kier molecular flexibility index (Phi) is 4.52. The SMILES string of the molecule is Cc1ccc(-c2sc(C)nc2C(=O)N2CSC[C@H]2CN)cc1. The second-order valence-corrected chi connectivity index (χ2v) is 7.64. The van der Waals surface area contributed by atoms with Crippen LogP contribution in [0.5, 0.6) is 0 Å². The molecule has 0 spiro atoms. The fourth-order valence-corrected chi connectivity index (χ4v) is 4.65. The summed E-state index contributed by atoms with van der Waals surface area (Å²) in [4.78, 5) is 20.2. The number of thiazole rings is 1. The van der Waals surface area contributed by atoms with Gasteiger partial charge in [-0.3, -0.25) is 4.79 Å². The van der Waals surface area contributed by atoms with Gasteiger partial charge in [0.1, 0.15) is 5.69 Å². The third kappa shape index (κ3) is 2.91. The molecule has 2 aromatic rings. The molecule has 0 bridgehead atoms. The average Bonchev–Trinajstić information content (AvgIpc) is 3.13. The van der Waals surface area contributed by atoms with Gasteiger partial charge in [0.25, 0.3) is 5.91 Å². The third-order valence-electron chi connectivity index (χ3n) is 3.76. The smallest absolute Gasteiger partial charge is 0.274 e. The van der Waals surface area contributed by atoms with E-state index in [4.69, 9.17) is 5.73 Å². The van der Waals surface area contributed by atoms with Crippen molar-refractivity contribution in [1.82, 2.24) is 9.88 Å². The fourth-order valence-electron chi connectivity index (χ4n) is 2.51. The average molecular weight is 333 g/mol. The monoisotopic (exact) mass is 333 g/mol. The molecule has 0 saturated carbocycles. The number of aromatic nitrogens is 1. The summed E-state index contributed by atoms with van der Waals surface area (Å²) in [5.74, 6) is 1.61. The Hall–Kier alpha value is -1.37. The van der Waals surface area contributed by atoms with Gasteiger partial charge in [0.15, 0.2) is 0 Å². The van der Waals surface area contributed by atoms with Crippen LogP contribution in [-0.2, 0) is 0 Å². The van der Waals surface area contributed by atoms with Crippen molar-refractivity contribution in [2.45, 2.75) is 19.9 Å². The first kappa shape index (κ1) is 15.5. The van der Waals surface area contributed by atoms with E-state index in [0.29, 0.717) is 18.1 Å². The molecule has 1 aromatic carbocycles. The molecule has 116 valence electrons. The van der Waals surface area contributed by atoms with Gasteiger partial charge in [0.05, 0.1) is 21.8 Å². The topological polar surface area (TPSA) is 59.2 Å². The minimum absolute atomic E-state index is 0.000347. The molecule has 4 nitrogen and oxygen atoms in total. The zero-order valence-electron chi connectivity index (χ0n) is 12.7. The Balaban J connectivity index is 1.97. The Morgan fingerprint density at radius 2 is 2.09 bits per heavy atom. The van der Waals surface area contributed by atoms with Crippen LogP contribution < -0.4 is 5.73 Å². The number of nitrogens with zero attached hydrogens (tertiary/aromatic N) is 2. The molecule has 1 aromatic heterocycles. The highest BCUT2D eigenvalue weighted by Crippen LogP contribution is 2.33. The van der Waals surface area contributed by atoms with Crippen LogP contribution in [0.2, 0.25) is 0 Å². The van der Waals surface area contributed by atoms with Crippen LogP contribution in [-0.4, -0.2) is 40.0 Å². The molecule has 2 heterocycles. The molecule has 0 radical (unpaired) electrons. The lowest BCUT2D eigenvalue weighted by atomic mass is 10.1. The lowest BCUT2D eigenvalue weighted by Gasteiger charge is -2.22. The predicted molar refractivity (Wildman–Crippen MR) is 93.4 cm³/mol. The molecule has 0 aliphatic carbocycles. The van der Waals surface area contributed by atoms with Gasteiger partial charge in [-0.05, 0) is 19.4 Å². The standard InChI is InChI=1S/C16H19N3OS2/c1-10-3-5-12(6-4-10)15-14(18-11(2)22-15)16(20)19-9-21-8-13(19)7-17/h3-6,13H,7-9,17H2,1-2H3/t13-/m1/s1. The van der Waals surface area contributed by atoms with Gasteiger partial charge in [-0.2, -0.15) is 0 Å². The number of thioether (sulfide) groups is 1. The van der Waals surface area contributed by atoms with Gasteiger partial charge in [0, 0.05) is 12.3 Å². The largest absolute Gasteiger partial charge is 0.328 e. The Morgan fingerprint density at radius 1 is 1.36 bits per heavy atom. The minimum Gasteiger partial charge on any atom is -0.328 e. The van der Waals surface area contributed by atoms with Gasteiger partial charge in [-0.25, -0.2) is 4.98 Å². The second kappa shape index (κ2) is 6.40. The second-order valence-electron chi connectivity index (χ2n) is 5.44. The molecule has 2 N–H and O–H groups in total. The zero-order chi connectivity index (χ0) is 15.7. The predicted octanol–water partition coefficient (Wildman–Crippen LogP) is 2.90. The Labute approximate surface area is 138 Å². The van der Waals surface area contributed by atoms with Crippen LogP contribution in [0.25, 0.3) is 10.4 Å². The van der Waals surface area contributed by atoms with E-state index in [9.17, 15) is 4.79 Å². The van der Waals surface area contributed by atoms with Crippen molar-refractivity contribution in [3.05, 3.63) is 40.5 Å². The number of nitrogens with two attached hydrogens (primary N) is 1. The molecule has 0 unspecified atom stereocenters. The van der Waals surface area contributed by atoms with Crippen molar-refractivity contribution in [3.8, 4) is 10.4 Å². The maximum Gasteiger partial charge on any atom is 0.274 e. The molecule has 1 fully saturated rings. The lowest BCUT2D eigenvalue weighted by Crippen LogP contribution is -2.41. The van der Waals surface area contributed by atoms with E-state index in [1.54, 1.807) is 23.1 Å². The summed E-state index contributed by atoms with van der Waals surface area (Å²) in [5.41, 5.74) is 8.61. The molecule has 1 amide bonds. The lowest BCUT2D eigenvalue weighted by molar-refractivity contribution is 0.0748. The number of benzene rings is 1. The highest BCUT2D eigenvalue weighted by atomic mass is 32.2. The molecule has 22 heavy (non-hydrogen) atoms. The summed E-state index contributed by atoms with van der Waals surface area (Å²) in [6.07, 6.45) is 0. The quantitative estimate of drug-likeness (QED) is 0.938. The normalized spacial score (nSPS) is 18.0. The van der Waals surface area contributed by atoms with E-state index in [1.807, 2.05) is 11.8 Å². The molecular weight excluding hydrogens is 314 g/mol. The first-order valence-electron chi connectivity index (χ1n) is 7.23. The van der Waals surface area contributed by atoms with E-state index in [2.05, 4.69) is 36.2 Å².